The van der Waals surface area contributed by atoms with Gasteiger partial charge in [0.15, 0.2) is 5.58 Å². The van der Waals surface area contributed by atoms with Crippen LogP contribution in [0.15, 0.2) is 58.2 Å². The minimum Gasteiger partial charge on any atom is -0.497 e. The molecule has 0 aliphatic rings. The molecule has 6 heteroatoms. The summed E-state index contributed by atoms with van der Waals surface area (Å²) in [5.41, 5.74) is 2.20. The lowest BCUT2D eigenvalue weighted by Crippen LogP contribution is -2.22. The molecule has 1 aromatic heterocycles. The highest BCUT2D eigenvalue weighted by Crippen LogP contribution is 2.27. The van der Waals surface area contributed by atoms with Crippen LogP contribution in [0.5, 0.6) is 5.75 Å². The van der Waals surface area contributed by atoms with Crippen molar-refractivity contribution in [1.29, 1.82) is 0 Å². The summed E-state index contributed by atoms with van der Waals surface area (Å²) in [5, 5.41) is 3.01. The van der Waals surface area contributed by atoms with Crippen LogP contribution in [-0.4, -0.2) is 23.3 Å². The number of carbonyl (C=O) groups excluding carboxylic acids is 1. The Morgan fingerprint density at radius 1 is 1.26 bits per heavy atom. The van der Waals surface area contributed by atoms with Crippen molar-refractivity contribution in [3.05, 3.63) is 48.5 Å². The number of nitrogens with one attached hydrogen (secondary N) is 1. The number of anilines is 1. The molecule has 0 fully saturated rings. The lowest BCUT2D eigenvalue weighted by atomic mass is 10.3. The van der Waals surface area contributed by atoms with Gasteiger partial charge < -0.3 is 14.5 Å². The van der Waals surface area contributed by atoms with Crippen LogP contribution in [0.3, 0.4) is 0 Å². The number of hydrogen-bond acceptors (Lipinski definition) is 5. The van der Waals surface area contributed by atoms with Gasteiger partial charge in [-0.15, -0.1) is 0 Å². The number of hydrogen-bond donors (Lipinski definition) is 1. The zero-order chi connectivity index (χ0) is 16.2. The topological polar surface area (TPSA) is 64.4 Å². The van der Waals surface area contributed by atoms with Crippen LogP contribution >= 0.6 is 11.8 Å². The maximum absolute atomic E-state index is 12.3. The van der Waals surface area contributed by atoms with Crippen LogP contribution < -0.4 is 10.1 Å². The molecule has 0 saturated heterocycles. The van der Waals surface area contributed by atoms with Gasteiger partial charge in [-0.1, -0.05) is 30.0 Å². The number of fused-ring (bicyclic) bond motifs is 1. The molecule has 23 heavy (non-hydrogen) atoms. The summed E-state index contributed by atoms with van der Waals surface area (Å²) < 4.78 is 10.8. The molecule has 1 N–H and O–H groups in total. The van der Waals surface area contributed by atoms with Crippen molar-refractivity contribution in [3.8, 4) is 5.75 Å². The molecular formula is C17H16N2O3S. The van der Waals surface area contributed by atoms with Crippen molar-refractivity contribution >= 4 is 34.5 Å². The number of para-hydroxylation sites is 2. The van der Waals surface area contributed by atoms with E-state index in [0.717, 1.165) is 11.1 Å². The van der Waals surface area contributed by atoms with Gasteiger partial charge in [-0.25, -0.2) is 4.98 Å². The van der Waals surface area contributed by atoms with Gasteiger partial charge in [-0.2, -0.15) is 0 Å². The van der Waals surface area contributed by atoms with Gasteiger partial charge in [0.2, 0.25) is 5.91 Å². The number of rotatable bonds is 5. The SMILES string of the molecule is COc1cccc(NC(=O)C(C)Sc2nc3ccccc3o2)c1. The Balaban J connectivity index is 1.67. The molecule has 0 spiro atoms. The zero-order valence-corrected chi connectivity index (χ0v) is 13.6. The van der Waals surface area contributed by atoms with E-state index in [0.29, 0.717) is 16.7 Å². The Labute approximate surface area is 138 Å². The smallest absolute Gasteiger partial charge is 0.257 e. The molecular weight excluding hydrogens is 312 g/mol. The zero-order valence-electron chi connectivity index (χ0n) is 12.8. The minimum absolute atomic E-state index is 0.120. The molecule has 1 heterocycles. The number of methoxy groups -OCH3 is 1. The molecule has 0 aliphatic carbocycles. The van der Waals surface area contributed by atoms with Gasteiger partial charge in [-0.3, -0.25) is 4.79 Å². The molecule has 1 unspecified atom stereocenters. The van der Waals surface area contributed by atoms with Crippen LogP contribution in [0.4, 0.5) is 5.69 Å². The van der Waals surface area contributed by atoms with Crippen molar-refractivity contribution in [2.75, 3.05) is 12.4 Å². The van der Waals surface area contributed by atoms with E-state index in [1.165, 1.54) is 11.8 Å². The van der Waals surface area contributed by atoms with Gasteiger partial charge in [0, 0.05) is 11.8 Å². The number of amides is 1. The van der Waals surface area contributed by atoms with Crippen molar-refractivity contribution in [3.63, 3.8) is 0 Å². The van der Waals surface area contributed by atoms with E-state index in [4.69, 9.17) is 9.15 Å². The van der Waals surface area contributed by atoms with Crippen LogP contribution in [0.1, 0.15) is 6.92 Å². The number of thioether (sulfide) groups is 1. The fourth-order valence-electron chi connectivity index (χ4n) is 2.05. The number of nitrogens with zero attached hydrogens (tertiary/aromatic N) is 1. The van der Waals surface area contributed by atoms with E-state index >= 15 is 0 Å². The first-order valence-electron chi connectivity index (χ1n) is 7.13. The first-order valence-corrected chi connectivity index (χ1v) is 8.01. The molecule has 0 bridgehead atoms. The monoisotopic (exact) mass is 328 g/mol. The molecule has 0 aliphatic heterocycles. The molecule has 2 aromatic carbocycles. The van der Waals surface area contributed by atoms with Gasteiger partial charge in [0.1, 0.15) is 11.3 Å². The summed E-state index contributed by atoms with van der Waals surface area (Å²) in [6.07, 6.45) is 0. The summed E-state index contributed by atoms with van der Waals surface area (Å²) in [7, 11) is 1.59. The first-order chi connectivity index (χ1) is 11.2. The van der Waals surface area contributed by atoms with Crippen molar-refractivity contribution in [2.45, 2.75) is 17.4 Å². The predicted octanol–water partition coefficient (Wildman–Crippen LogP) is 3.96. The van der Waals surface area contributed by atoms with Crippen molar-refractivity contribution < 1.29 is 13.9 Å². The maximum atomic E-state index is 12.3. The van der Waals surface area contributed by atoms with Gasteiger partial charge in [-0.05, 0) is 31.2 Å². The first kappa shape index (κ1) is 15.4. The molecule has 5 nitrogen and oxygen atoms in total. The molecule has 1 amide bonds. The molecule has 0 radical (unpaired) electrons. The fourth-order valence-corrected chi connectivity index (χ4v) is 2.81. The van der Waals surface area contributed by atoms with E-state index in [-0.39, 0.29) is 11.2 Å². The van der Waals surface area contributed by atoms with Crippen molar-refractivity contribution in [1.82, 2.24) is 4.98 Å². The normalized spacial score (nSPS) is 12.1. The number of ether oxygens (including phenoxy) is 1. The third-order valence-electron chi connectivity index (χ3n) is 3.26. The Kier molecular flexibility index (Phi) is 4.52. The van der Waals surface area contributed by atoms with Gasteiger partial charge in [0.25, 0.3) is 5.22 Å². The Morgan fingerprint density at radius 2 is 2.09 bits per heavy atom. The minimum atomic E-state index is -0.339. The average Bonchev–Trinajstić information content (AvgIpc) is 2.97. The molecule has 3 aromatic rings. The fraction of sp³-hybridized carbons (Fsp3) is 0.176. The number of benzene rings is 2. The lowest BCUT2D eigenvalue weighted by Gasteiger charge is -2.10. The van der Waals surface area contributed by atoms with E-state index in [9.17, 15) is 4.79 Å². The Morgan fingerprint density at radius 3 is 2.87 bits per heavy atom. The Bertz CT molecular complexity index is 798. The van der Waals surface area contributed by atoms with Gasteiger partial charge >= 0.3 is 0 Å². The maximum Gasteiger partial charge on any atom is 0.257 e. The highest BCUT2D eigenvalue weighted by Gasteiger charge is 2.18. The second kappa shape index (κ2) is 6.75. The van der Waals surface area contributed by atoms with Crippen LogP contribution in [0.25, 0.3) is 11.1 Å². The van der Waals surface area contributed by atoms with E-state index in [1.807, 2.05) is 49.4 Å². The Hall–Kier alpha value is -2.47. The predicted molar refractivity (Wildman–Crippen MR) is 91.0 cm³/mol. The largest absolute Gasteiger partial charge is 0.497 e. The van der Waals surface area contributed by atoms with Crippen LogP contribution in [0, 0.1) is 0 Å². The second-order valence-electron chi connectivity index (χ2n) is 4.93. The standard InChI is InChI=1S/C17H16N2O3S/c1-11(16(20)18-12-6-5-7-13(10-12)21-2)23-17-19-14-8-3-4-9-15(14)22-17/h3-11H,1-2H3,(H,18,20). The van der Waals surface area contributed by atoms with E-state index < -0.39 is 0 Å². The molecule has 1 atom stereocenters. The average molecular weight is 328 g/mol. The third-order valence-corrected chi connectivity index (χ3v) is 4.20. The highest BCUT2D eigenvalue weighted by molar-refractivity contribution is 8.00. The van der Waals surface area contributed by atoms with Crippen LogP contribution in [0.2, 0.25) is 0 Å². The van der Waals surface area contributed by atoms with E-state index in [2.05, 4.69) is 10.3 Å². The number of aromatic nitrogens is 1. The summed E-state index contributed by atoms with van der Waals surface area (Å²) in [5.74, 6) is 0.576. The quantitative estimate of drug-likeness (QED) is 0.718. The summed E-state index contributed by atoms with van der Waals surface area (Å²) in [6, 6.07) is 14.8. The summed E-state index contributed by atoms with van der Waals surface area (Å²) in [6.45, 7) is 1.81. The van der Waals surface area contributed by atoms with Crippen molar-refractivity contribution in [2.24, 2.45) is 0 Å². The lowest BCUT2D eigenvalue weighted by molar-refractivity contribution is -0.115. The molecule has 0 saturated carbocycles. The van der Waals surface area contributed by atoms with E-state index in [1.54, 1.807) is 13.2 Å². The number of oxazole rings is 1. The molecule has 118 valence electrons. The van der Waals surface area contributed by atoms with Crippen LogP contribution in [-0.2, 0) is 4.79 Å². The third kappa shape index (κ3) is 3.65. The highest BCUT2D eigenvalue weighted by atomic mass is 32.2. The molecule has 3 rings (SSSR count). The second-order valence-corrected chi connectivity index (χ2v) is 6.22. The van der Waals surface area contributed by atoms with Gasteiger partial charge in [0.05, 0.1) is 12.4 Å². The summed E-state index contributed by atoms with van der Waals surface area (Å²) >= 11 is 1.29. The number of carbonyl (C=O) groups is 1. The summed E-state index contributed by atoms with van der Waals surface area (Å²) in [4.78, 5) is 16.7.